The first-order valence-corrected chi connectivity index (χ1v) is 7.26. The van der Waals surface area contributed by atoms with Gasteiger partial charge < -0.3 is 8.85 Å². The van der Waals surface area contributed by atoms with Crippen LogP contribution in [0.4, 0.5) is 0 Å². The quantitative estimate of drug-likeness (QED) is 0.663. The zero-order valence-electron chi connectivity index (χ0n) is 9.82. The molecule has 0 aromatic heterocycles. The maximum absolute atomic E-state index is 5.37. The average Bonchev–Trinajstić information content (AvgIpc) is 2.18. The Kier molecular flexibility index (Phi) is 5.09. The Balaban J connectivity index is 2.46. The first-order chi connectivity index (χ1) is 6.69. The molecule has 2 atom stereocenters. The molecule has 3 nitrogen and oxygen atoms in total. The maximum atomic E-state index is 5.37. The molecule has 0 amide bonds. The van der Waals surface area contributed by atoms with Crippen LogP contribution in [0.2, 0.25) is 0 Å². The van der Waals surface area contributed by atoms with Gasteiger partial charge in [-0.15, -0.1) is 0 Å². The normalized spacial score (nSPS) is 29.8. The van der Waals surface area contributed by atoms with Gasteiger partial charge in [0, 0.05) is 32.5 Å². The van der Waals surface area contributed by atoms with E-state index in [4.69, 9.17) is 8.85 Å². The Hall–Kier alpha value is 0.0969. The summed E-state index contributed by atoms with van der Waals surface area (Å²) >= 11 is 0. The van der Waals surface area contributed by atoms with E-state index in [-0.39, 0.29) is 0 Å². The lowest BCUT2D eigenvalue weighted by atomic mass is 9.99. The molecule has 4 heteroatoms. The van der Waals surface area contributed by atoms with Gasteiger partial charge in [-0.2, -0.15) is 0 Å². The van der Waals surface area contributed by atoms with Crippen molar-refractivity contribution in [2.45, 2.75) is 45.2 Å². The van der Waals surface area contributed by atoms with E-state index in [2.05, 4.69) is 18.7 Å². The van der Waals surface area contributed by atoms with Crippen LogP contribution in [0.15, 0.2) is 0 Å². The van der Waals surface area contributed by atoms with E-state index in [9.17, 15) is 0 Å². The van der Waals surface area contributed by atoms with Crippen LogP contribution in [0.5, 0.6) is 0 Å². The van der Waals surface area contributed by atoms with Crippen LogP contribution in [0.1, 0.15) is 33.1 Å². The fourth-order valence-corrected chi connectivity index (χ4v) is 3.81. The Labute approximate surface area is 89.2 Å². The van der Waals surface area contributed by atoms with Crippen LogP contribution in [0.25, 0.3) is 0 Å². The van der Waals surface area contributed by atoms with Gasteiger partial charge in [-0.25, -0.2) is 0 Å². The summed E-state index contributed by atoms with van der Waals surface area (Å²) in [6, 6.07) is 1.39. The number of rotatable bonds is 4. The van der Waals surface area contributed by atoms with E-state index in [1.165, 1.54) is 19.3 Å². The molecule has 0 radical (unpaired) electrons. The van der Waals surface area contributed by atoms with Crippen molar-refractivity contribution in [1.29, 1.82) is 0 Å². The fraction of sp³-hybridized carbons (Fsp3) is 1.00. The predicted molar refractivity (Wildman–Crippen MR) is 60.6 cm³/mol. The summed E-state index contributed by atoms with van der Waals surface area (Å²) in [4.78, 5) is 2.55. The molecule has 0 bridgehead atoms. The van der Waals surface area contributed by atoms with Crippen molar-refractivity contribution < 1.29 is 8.85 Å². The van der Waals surface area contributed by atoms with Crippen LogP contribution in [0, 0.1) is 0 Å². The Morgan fingerprint density at radius 2 is 1.64 bits per heavy atom. The lowest BCUT2D eigenvalue weighted by Crippen LogP contribution is -2.49. The zero-order valence-corrected chi connectivity index (χ0v) is 11.0. The lowest BCUT2D eigenvalue weighted by Gasteiger charge is -2.39. The number of nitrogens with zero attached hydrogens (tertiary/aromatic N) is 1. The first-order valence-electron chi connectivity index (χ1n) is 5.50. The summed E-state index contributed by atoms with van der Waals surface area (Å²) in [5, 5.41) is 0. The van der Waals surface area contributed by atoms with Crippen molar-refractivity contribution in [3.63, 3.8) is 0 Å². The van der Waals surface area contributed by atoms with Gasteiger partial charge >= 0.3 is 9.28 Å². The molecular formula is C10H23NO2Si. The van der Waals surface area contributed by atoms with Crippen LogP contribution >= 0.6 is 0 Å². The molecule has 0 spiro atoms. The van der Waals surface area contributed by atoms with Gasteiger partial charge in [0.05, 0.1) is 0 Å². The van der Waals surface area contributed by atoms with Crippen molar-refractivity contribution in [3.8, 4) is 0 Å². The van der Waals surface area contributed by atoms with Gasteiger partial charge in [0.1, 0.15) is 0 Å². The largest absolute Gasteiger partial charge is 0.399 e. The monoisotopic (exact) mass is 217 g/mol. The molecule has 0 unspecified atom stereocenters. The highest BCUT2D eigenvalue weighted by molar-refractivity contribution is 6.44. The van der Waals surface area contributed by atoms with E-state index in [0.717, 1.165) is 6.17 Å². The van der Waals surface area contributed by atoms with Crippen molar-refractivity contribution in [2.75, 3.05) is 20.4 Å². The smallest absolute Gasteiger partial charge is 0.335 e. The van der Waals surface area contributed by atoms with Crippen molar-refractivity contribution in [2.24, 2.45) is 0 Å². The topological polar surface area (TPSA) is 21.7 Å². The molecular weight excluding hydrogens is 194 g/mol. The van der Waals surface area contributed by atoms with E-state index < -0.39 is 9.28 Å². The second-order valence-electron chi connectivity index (χ2n) is 4.23. The Bertz CT molecular complexity index is 154. The molecule has 1 rings (SSSR count). The minimum Gasteiger partial charge on any atom is -0.399 e. The molecule has 0 saturated carbocycles. The van der Waals surface area contributed by atoms with Crippen LogP contribution in [0.3, 0.4) is 0 Å². The molecule has 1 aliphatic rings. The summed E-state index contributed by atoms with van der Waals surface area (Å²) in [5.74, 6) is 0. The van der Waals surface area contributed by atoms with Crippen LogP contribution < -0.4 is 0 Å². The molecule has 1 fully saturated rings. The molecule has 1 saturated heterocycles. The molecule has 84 valence electrons. The van der Waals surface area contributed by atoms with E-state index in [0.29, 0.717) is 12.1 Å². The van der Waals surface area contributed by atoms with Gasteiger partial charge in [-0.1, -0.05) is 6.42 Å². The van der Waals surface area contributed by atoms with Gasteiger partial charge in [-0.05, 0) is 26.7 Å². The van der Waals surface area contributed by atoms with Gasteiger partial charge in [0.25, 0.3) is 0 Å². The first kappa shape index (κ1) is 12.2. The molecule has 1 aliphatic heterocycles. The third-order valence-electron chi connectivity index (χ3n) is 3.26. The molecule has 0 aliphatic carbocycles. The van der Waals surface area contributed by atoms with Crippen LogP contribution in [-0.2, 0) is 8.85 Å². The van der Waals surface area contributed by atoms with Crippen molar-refractivity contribution >= 4 is 9.28 Å². The second-order valence-corrected chi connectivity index (χ2v) is 6.39. The Morgan fingerprint density at radius 3 is 2.07 bits per heavy atom. The highest BCUT2D eigenvalue weighted by atomic mass is 28.3. The summed E-state index contributed by atoms with van der Waals surface area (Å²) < 4.78 is 10.7. The third kappa shape index (κ3) is 3.05. The molecule has 0 aromatic rings. The van der Waals surface area contributed by atoms with E-state index in [1.807, 2.05) is 0 Å². The molecule has 0 N–H and O–H groups in total. The zero-order chi connectivity index (χ0) is 10.6. The van der Waals surface area contributed by atoms with Crippen LogP contribution in [-0.4, -0.2) is 46.7 Å². The number of likely N-dealkylation sites (tertiary alicyclic amines) is 1. The molecule has 1 heterocycles. The van der Waals surface area contributed by atoms with E-state index in [1.54, 1.807) is 14.2 Å². The summed E-state index contributed by atoms with van der Waals surface area (Å²) in [6.07, 6.45) is 5.03. The SMILES string of the molecule is CO[SiH](CN1[C@@H](C)CCC[C@@H]1C)OC. The third-order valence-corrected chi connectivity index (χ3v) is 5.03. The Morgan fingerprint density at radius 1 is 1.14 bits per heavy atom. The number of hydrogen-bond acceptors (Lipinski definition) is 3. The van der Waals surface area contributed by atoms with E-state index >= 15 is 0 Å². The van der Waals surface area contributed by atoms with Gasteiger partial charge in [0.2, 0.25) is 0 Å². The summed E-state index contributed by atoms with van der Waals surface area (Å²) in [7, 11) is 2.11. The maximum Gasteiger partial charge on any atom is 0.335 e. The highest BCUT2D eigenvalue weighted by Crippen LogP contribution is 2.22. The minimum absolute atomic E-state index is 0.694. The number of hydrogen-bond donors (Lipinski definition) is 0. The fourth-order valence-electron chi connectivity index (χ4n) is 2.25. The predicted octanol–water partition coefficient (Wildman–Crippen LogP) is 1.30. The molecule has 0 aromatic carbocycles. The summed E-state index contributed by atoms with van der Waals surface area (Å²) in [5.41, 5.74) is 0. The standard InChI is InChI=1S/C10H23NO2Si/c1-9-6-5-7-10(2)11(9)8-14(12-3)13-4/h9-10,14H,5-8H2,1-4H3/t9-,10-/m0/s1. The van der Waals surface area contributed by atoms with Crippen molar-refractivity contribution in [1.82, 2.24) is 4.90 Å². The second kappa shape index (κ2) is 5.85. The highest BCUT2D eigenvalue weighted by Gasteiger charge is 2.27. The van der Waals surface area contributed by atoms with Gasteiger partial charge in [-0.3, -0.25) is 4.90 Å². The van der Waals surface area contributed by atoms with Crippen molar-refractivity contribution in [3.05, 3.63) is 0 Å². The lowest BCUT2D eigenvalue weighted by molar-refractivity contribution is 0.109. The molecule has 14 heavy (non-hydrogen) atoms. The average molecular weight is 217 g/mol. The minimum atomic E-state index is -1.42. The number of piperidine rings is 1. The van der Waals surface area contributed by atoms with Gasteiger partial charge in [0.15, 0.2) is 0 Å². The summed E-state index contributed by atoms with van der Waals surface area (Å²) in [6.45, 7) is 4.62.